The van der Waals surface area contributed by atoms with Gasteiger partial charge in [-0.15, -0.1) is 0 Å². The number of hydrogen-bond donors (Lipinski definition) is 3. The first kappa shape index (κ1) is 33.4. The summed E-state index contributed by atoms with van der Waals surface area (Å²) in [5.41, 5.74) is -0.983. The number of nitrogens with zero attached hydrogens (tertiary/aromatic N) is 1. The zero-order valence-corrected chi connectivity index (χ0v) is 24.9. The van der Waals surface area contributed by atoms with Crippen molar-refractivity contribution in [1.29, 1.82) is 0 Å². The van der Waals surface area contributed by atoms with Crippen LogP contribution < -0.4 is 25.7 Å². The third-order valence-electron chi connectivity index (χ3n) is 6.01. The van der Waals surface area contributed by atoms with Crippen LogP contribution in [0, 0.1) is 0 Å². The normalized spacial score (nSPS) is 12.4. The Morgan fingerprint density at radius 2 is 1.84 bits per heavy atom. The summed E-state index contributed by atoms with van der Waals surface area (Å²) in [6, 6.07) is 6.79. The van der Waals surface area contributed by atoms with Gasteiger partial charge in [-0.05, 0) is 57.5 Å². The van der Waals surface area contributed by atoms with E-state index in [2.05, 4.69) is 20.6 Å². The second-order valence-corrected chi connectivity index (χ2v) is 10.8. The minimum Gasteiger partial charge on any atom is -0.495 e. The number of rotatable bonds is 11. The van der Waals surface area contributed by atoms with Crippen molar-refractivity contribution in [2.75, 3.05) is 32.7 Å². The fourth-order valence-corrected chi connectivity index (χ4v) is 4.30. The zero-order chi connectivity index (χ0) is 31.9. The van der Waals surface area contributed by atoms with Crippen molar-refractivity contribution < 1.29 is 37.0 Å². The van der Waals surface area contributed by atoms with Crippen LogP contribution in [0.3, 0.4) is 0 Å². The van der Waals surface area contributed by atoms with E-state index in [1.165, 1.54) is 56.9 Å². The van der Waals surface area contributed by atoms with Gasteiger partial charge in [-0.3, -0.25) is 14.4 Å². The number of aromatic amines is 1. The Labute approximate surface area is 250 Å². The maximum atomic E-state index is 13.8. The van der Waals surface area contributed by atoms with Gasteiger partial charge in [-0.1, -0.05) is 11.6 Å². The Hall–Kier alpha value is -4.10. The van der Waals surface area contributed by atoms with Gasteiger partial charge < -0.3 is 29.8 Å². The van der Waals surface area contributed by atoms with E-state index in [0.29, 0.717) is 0 Å². The van der Waals surface area contributed by atoms with Crippen LogP contribution in [-0.2, 0) is 9.53 Å². The average molecular weight is 625 g/mol. The highest BCUT2D eigenvalue weighted by atomic mass is 35.5. The fourth-order valence-electron chi connectivity index (χ4n) is 4.13. The first-order valence-electron chi connectivity index (χ1n) is 13.1. The van der Waals surface area contributed by atoms with E-state index >= 15 is 0 Å². The van der Waals surface area contributed by atoms with Gasteiger partial charge in [0, 0.05) is 41.6 Å². The molecule has 232 valence electrons. The molecule has 2 amide bonds. The third kappa shape index (κ3) is 9.19. The molecule has 0 saturated heterocycles. The third-order valence-corrected chi connectivity index (χ3v) is 6.25. The Morgan fingerprint density at radius 3 is 2.42 bits per heavy atom. The van der Waals surface area contributed by atoms with E-state index < -0.39 is 41.7 Å². The van der Waals surface area contributed by atoms with Crippen molar-refractivity contribution in [3.8, 4) is 22.6 Å². The molecule has 2 heterocycles. The van der Waals surface area contributed by atoms with Crippen molar-refractivity contribution in [2.24, 2.45) is 0 Å². The number of hydrogen-bond acceptors (Lipinski definition) is 7. The molecule has 0 spiro atoms. The number of H-pyrrole nitrogens is 1. The number of anilines is 1. The van der Waals surface area contributed by atoms with Gasteiger partial charge in [0.15, 0.2) is 6.61 Å². The molecule has 0 fully saturated rings. The van der Waals surface area contributed by atoms with Gasteiger partial charge in [-0.2, -0.15) is 13.2 Å². The molecule has 3 aromatic rings. The fraction of sp³-hybridized carbons (Fsp3) is 0.379. The van der Waals surface area contributed by atoms with Crippen LogP contribution in [0.25, 0.3) is 11.1 Å². The molecule has 0 bridgehead atoms. The summed E-state index contributed by atoms with van der Waals surface area (Å²) in [6.07, 6.45) is -2.14. The SMILES string of the molecule is CNC(=O)c1ccc(NC(=O)C(CCOC(C)(C)C)c2c(-c3cc(Cl)ccc3OCC(F)(F)F)c(OC)c[nH]c2=O)cn1. The number of benzene rings is 1. The molecule has 3 rings (SSSR count). The lowest BCUT2D eigenvalue weighted by molar-refractivity contribution is -0.153. The van der Waals surface area contributed by atoms with E-state index in [4.69, 9.17) is 25.8 Å². The van der Waals surface area contributed by atoms with Gasteiger partial charge in [0.05, 0.1) is 30.5 Å². The maximum absolute atomic E-state index is 13.8. The molecule has 14 heteroatoms. The molecule has 0 aliphatic rings. The molecule has 2 aromatic heterocycles. The molecule has 10 nitrogen and oxygen atoms in total. The topological polar surface area (TPSA) is 132 Å². The summed E-state index contributed by atoms with van der Waals surface area (Å²) < 4.78 is 55.7. The molecule has 1 aromatic carbocycles. The number of pyridine rings is 2. The quantitative estimate of drug-likeness (QED) is 0.263. The first-order chi connectivity index (χ1) is 20.1. The minimum absolute atomic E-state index is 0.00455. The maximum Gasteiger partial charge on any atom is 0.422 e. The Balaban J connectivity index is 2.17. The minimum atomic E-state index is -4.65. The van der Waals surface area contributed by atoms with Crippen LogP contribution in [0.4, 0.5) is 18.9 Å². The molecule has 0 saturated carbocycles. The largest absolute Gasteiger partial charge is 0.495 e. The summed E-state index contributed by atoms with van der Waals surface area (Å²) in [5.74, 6) is -2.45. The lowest BCUT2D eigenvalue weighted by Gasteiger charge is -2.25. The van der Waals surface area contributed by atoms with E-state index in [9.17, 15) is 27.6 Å². The molecule has 43 heavy (non-hydrogen) atoms. The number of halogens is 4. The van der Waals surface area contributed by atoms with Crippen LogP contribution >= 0.6 is 11.6 Å². The molecule has 1 unspecified atom stereocenters. The Morgan fingerprint density at radius 1 is 1.12 bits per heavy atom. The zero-order valence-electron chi connectivity index (χ0n) is 24.1. The molecular formula is C29H32ClF3N4O6. The second kappa shape index (κ2) is 13.9. The van der Waals surface area contributed by atoms with Crippen molar-refractivity contribution in [1.82, 2.24) is 15.3 Å². The van der Waals surface area contributed by atoms with Crippen LogP contribution in [0.5, 0.6) is 11.5 Å². The van der Waals surface area contributed by atoms with E-state index in [-0.39, 0.29) is 57.6 Å². The monoisotopic (exact) mass is 624 g/mol. The summed E-state index contributed by atoms with van der Waals surface area (Å²) in [7, 11) is 2.76. The highest BCUT2D eigenvalue weighted by Gasteiger charge is 2.33. The predicted octanol–water partition coefficient (Wildman–Crippen LogP) is 5.33. The van der Waals surface area contributed by atoms with E-state index in [0.717, 1.165) is 0 Å². The predicted molar refractivity (Wildman–Crippen MR) is 155 cm³/mol. The number of carbonyl (C=O) groups excluding carboxylic acids is 2. The van der Waals surface area contributed by atoms with Crippen LogP contribution in [0.1, 0.15) is 49.2 Å². The molecule has 3 N–H and O–H groups in total. The summed E-state index contributed by atoms with van der Waals surface area (Å²) in [6.45, 7) is 3.90. The number of alkyl halides is 3. The molecular weight excluding hydrogens is 593 g/mol. The van der Waals surface area contributed by atoms with Crippen LogP contribution in [-0.4, -0.2) is 60.9 Å². The summed E-state index contributed by atoms with van der Waals surface area (Å²) in [4.78, 5) is 45.7. The van der Waals surface area contributed by atoms with Gasteiger partial charge in [0.2, 0.25) is 5.91 Å². The van der Waals surface area contributed by atoms with Crippen molar-refractivity contribution >= 4 is 29.1 Å². The molecule has 0 aliphatic carbocycles. The Kier molecular flexibility index (Phi) is 10.8. The molecule has 1 atom stereocenters. The molecule has 0 radical (unpaired) electrons. The smallest absolute Gasteiger partial charge is 0.422 e. The number of nitrogens with one attached hydrogen (secondary N) is 3. The van der Waals surface area contributed by atoms with Crippen molar-refractivity contribution in [2.45, 2.75) is 44.9 Å². The number of aromatic nitrogens is 2. The highest BCUT2D eigenvalue weighted by Crippen LogP contribution is 2.42. The Bertz CT molecular complexity index is 1500. The highest BCUT2D eigenvalue weighted by molar-refractivity contribution is 6.31. The number of carbonyl (C=O) groups is 2. The van der Waals surface area contributed by atoms with Crippen LogP contribution in [0.2, 0.25) is 5.02 Å². The van der Waals surface area contributed by atoms with E-state index in [1.807, 2.05) is 20.8 Å². The van der Waals surface area contributed by atoms with Gasteiger partial charge in [0.1, 0.15) is 17.2 Å². The number of methoxy groups -OCH3 is 1. The lowest BCUT2D eigenvalue weighted by Crippen LogP contribution is -2.30. The number of amides is 2. The van der Waals surface area contributed by atoms with E-state index in [1.54, 1.807) is 0 Å². The van der Waals surface area contributed by atoms with Crippen molar-refractivity contribution in [3.05, 3.63) is 69.4 Å². The summed E-state index contributed by atoms with van der Waals surface area (Å²) >= 11 is 6.23. The van der Waals surface area contributed by atoms with Gasteiger partial charge in [0.25, 0.3) is 11.5 Å². The average Bonchev–Trinajstić information content (AvgIpc) is 2.93. The standard InChI is InChI=1S/C29H32ClF3N4O6/c1-28(2,3)43-11-10-18(25(38)37-17-7-8-20(35-13-17)26(39)34-4)24-23(22(41-5)14-36-27(24)40)19-12-16(30)6-9-21(19)42-15-29(31,32)33/h6-9,12-14,18H,10-11,15H2,1-5H3,(H,34,39)(H,36,40)(H,37,38). The van der Waals surface area contributed by atoms with Crippen molar-refractivity contribution in [3.63, 3.8) is 0 Å². The van der Waals surface area contributed by atoms with Gasteiger partial charge in [-0.25, -0.2) is 4.98 Å². The first-order valence-corrected chi connectivity index (χ1v) is 13.4. The molecule has 0 aliphatic heterocycles. The van der Waals surface area contributed by atoms with Crippen LogP contribution in [0.15, 0.2) is 47.5 Å². The van der Waals surface area contributed by atoms with Gasteiger partial charge >= 0.3 is 6.18 Å². The number of ether oxygens (including phenoxy) is 3. The second-order valence-electron chi connectivity index (χ2n) is 10.3. The summed E-state index contributed by atoms with van der Waals surface area (Å²) in [5, 5.41) is 5.29. The lowest BCUT2D eigenvalue weighted by atomic mass is 9.88.